The molecule has 2 aromatic carbocycles. The first-order valence-electron chi connectivity index (χ1n) is 9.38. The maximum Gasteiger partial charge on any atom is 0.335 e. The van der Waals surface area contributed by atoms with Crippen LogP contribution in [0.1, 0.15) is 17.0 Å². The molecule has 0 bridgehead atoms. The van der Waals surface area contributed by atoms with Gasteiger partial charge in [0, 0.05) is 21.5 Å². The number of carbonyl (C=O) groups excluding carboxylic acids is 3. The number of urea groups is 1. The second-order valence-corrected chi connectivity index (χ2v) is 7.99. The van der Waals surface area contributed by atoms with Crippen molar-refractivity contribution in [3.8, 4) is 5.69 Å². The minimum absolute atomic E-state index is 0.151. The molecule has 1 saturated heterocycles. The number of benzene rings is 2. The van der Waals surface area contributed by atoms with Crippen molar-refractivity contribution in [1.82, 2.24) is 9.88 Å². The summed E-state index contributed by atoms with van der Waals surface area (Å²) in [6.07, 6.45) is 1.47. The molecule has 1 aliphatic heterocycles. The van der Waals surface area contributed by atoms with Gasteiger partial charge in [0.15, 0.2) is 0 Å². The lowest BCUT2D eigenvalue weighted by molar-refractivity contribution is -0.122. The zero-order valence-electron chi connectivity index (χ0n) is 16.6. The summed E-state index contributed by atoms with van der Waals surface area (Å²) in [7, 11) is 0. The van der Waals surface area contributed by atoms with Crippen LogP contribution in [0.15, 0.2) is 64.6 Å². The van der Waals surface area contributed by atoms with E-state index in [0.717, 1.165) is 26.4 Å². The van der Waals surface area contributed by atoms with Gasteiger partial charge in [0.25, 0.3) is 11.8 Å². The van der Waals surface area contributed by atoms with Crippen molar-refractivity contribution in [1.29, 1.82) is 0 Å². The highest BCUT2D eigenvalue weighted by molar-refractivity contribution is 9.10. The van der Waals surface area contributed by atoms with Crippen molar-refractivity contribution >= 4 is 45.5 Å². The van der Waals surface area contributed by atoms with E-state index in [-0.39, 0.29) is 11.4 Å². The van der Waals surface area contributed by atoms with Gasteiger partial charge in [-0.25, -0.2) is 14.1 Å². The molecule has 8 heteroatoms. The van der Waals surface area contributed by atoms with E-state index in [0.29, 0.717) is 11.3 Å². The topological polar surface area (TPSA) is 71.4 Å². The fourth-order valence-corrected chi connectivity index (χ4v) is 3.82. The van der Waals surface area contributed by atoms with Gasteiger partial charge in [-0.15, -0.1) is 0 Å². The number of imide groups is 2. The second-order valence-electron chi connectivity index (χ2n) is 7.07. The molecule has 4 amide bonds. The number of nitrogens with one attached hydrogen (secondary N) is 1. The van der Waals surface area contributed by atoms with E-state index in [1.54, 1.807) is 36.4 Å². The summed E-state index contributed by atoms with van der Waals surface area (Å²) in [4.78, 5) is 38.8. The molecule has 0 radical (unpaired) electrons. The largest absolute Gasteiger partial charge is 0.335 e. The molecule has 0 unspecified atom stereocenters. The number of aryl methyl sites for hydroxylation is 1. The van der Waals surface area contributed by atoms with Crippen molar-refractivity contribution in [2.45, 2.75) is 13.8 Å². The lowest BCUT2D eigenvalue weighted by Crippen LogP contribution is -2.54. The van der Waals surface area contributed by atoms with Gasteiger partial charge in [-0.05, 0) is 80.1 Å². The molecule has 1 fully saturated rings. The van der Waals surface area contributed by atoms with E-state index in [2.05, 4.69) is 21.2 Å². The van der Waals surface area contributed by atoms with Crippen molar-refractivity contribution in [2.24, 2.45) is 0 Å². The molecule has 0 atom stereocenters. The van der Waals surface area contributed by atoms with Crippen LogP contribution >= 0.6 is 15.9 Å². The normalized spacial score (nSPS) is 15.5. The Morgan fingerprint density at radius 3 is 2.19 bits per heavy atom. The first kappa shape index (κ1) is 20.7. The predicted molar refractivity (Wildman–Crippen MR) is 118 cm³/mol. The average molecular weight is 482 g/mol. The Morgan fingerprint density at radius 2 is 1.55 bits per heavy atom. The number of barbiturate groups is 1. The zero-order valence-corrected chi connectivity index (χ0v) is 18.2. The monoisotopic (exact) mass is 481 g/mol. The third-order valence-corrected chi connectivity index (χ3v) is 5.57. The number of anilines is 1. The fraction of sp³-hybridized carbons (Fsp3) is 0.0870. The number of rotatable bonds is 3. The molecule has 4 rings (SSSR count). The summed E-state index contributed by atoms with van der Waals surface area (Å²) < 4.78 is 16.0. The number of carbonyl (C=O) groups is 3. The van der Waals surface area contributed by atoms with Crippen LogP contribution in [-0.4, -0.2) is 22.4 Å². The maximum absolute atomic E-state index is 13.3. The summed E-state index contributed by atoms with van der Waals surface area (Å²) >= 11 is 3.31. The standard InChI is InChI=1S/C23H17BrFN3O3/c1-13-11-15(14(2)27(13)18-9-5-17(25)6-10-18)12-20-21(29)26-23(31)28(22(20)30)19-7-3-16(24)4-8-19/h3-12H,1-2H3,(H,26,29,31)/b20-12-. The van der Waals surface area contributed by atoms with Crippen molar-refractivity contribution < 1.29 is 18.8 Å². The highest BCUT2D eigenvalue weighted by Gasteiger charge is 2.37. The Labute approximate surface area is 186 Å². The Bertz CT molecular complexity index is 1240. The molecule has 1 aromatic heterocycles. The molecule has 6 nitrogen and oxygen atoms in total. The number of hydrogen-bond acceptors (Lipinski definition) is 3. The molecule has 0 aliphatic carbocycles. The fourth-order valence-electron chi connectivity index (χ4n) is 3.56. The average Bonchev–Trinajstić information content (AvgIpc) is 3.00. The minimum Gasteiger partial charge on any atom is -0.318 e. The van der Waals surface area contributed by atoms with Crippen LogP contribution in [0.3, 0.4) is 0 Å². The maximum atomic E-state index is 13.3. The zero-order chi connectivity index (χ0) is 22.3. The Kier molecular flexibility index (Phi) is 5.32. The molecule has 0 saturated carbocycles. The van der Waals surface area contributed by atoms with E-state index in [1.807, 2.05) is 24.5 Å². The van der Waals surface area contributed by atoms with Gasteiger partial charge in [-0.3, -0.25) is 14.9 Å². The van der Waals surface area contributed by atoms with Crippen LogP contribution in [0.2, 0.25) is 0 Å². The first-order valence-corrected chi connectivity index (χ1v) is 10.2. The number of amides is 4. The lowest BCUT2D eigenvalue weighted by Gasteiger charge is -2.26. The SMILES string of the molecule is Cc1cc(/C=C2/C(=O)NC(=O)N(c3ccc(Br)cc3)C2=O)c(C)n1-c1ccc(F)cc1. The second kappa shape index (κ2) is 7.96. The van der Waals surface area contributed by atoms with E-state index in [4.69, 9.17) is 0 Å². The van der Waals surface area contributed by atoms with Crippen molar-refractivity contribution in [3.05, 3.63) is 87.4 Å². The Hall–Kier alpha value is -3.52. The molecule has 1 N–H and O–H groups in total. The summed E-state index contributed by atoms with van der Waals surface area (Å²) in [6.45, 7) is 3.71. The van der Waals surface area contributed by atoms with E-state index < -0.39 is 17.8 Å². The number of halogens is 2. The van der Waals surface area contributed by atoms with E-state index >= 15 is 0 Å². The summed E-state index contributed by atoms with van der Waals surface area (Å²) in [6, 6.07) is 13.7. The van der Waals surface area contributed by atoms with Gasteiger partial charge in [0.2, 0.25) is 0 Å². The van der Waals surface area contributed by atoms with Gasteiger partial charge in [-0.2, -0.15) is 0 Å². The minimum atomic E-state index is -0.800. The Balaban J connectivity index is 1.75. The first-order chi connectivity index (χ1) is 14.8. The number of hydrogen-bond donors (Lipinski definition) is 1. The van der Waals surface area contributed by atoms with Gasteiger partial charge in [0.1, 0.15) is 11.4 Å². The van der Waals surface area contributed by atoms with Crippen LogP contribution in [0.4, 0.5) is 14.9 Å². The summed E-state index contributed by atoms with van der Waals surface area (Å²) in [5.74, 6) is -1.80. The van der Waals surface area contributed by atoms with Gasteiger partial charge < -0.3 is 4.57 Å². The third-order valence-electron chi connectivity index (χ3n) is 5.04. The quantitative estimate of drug-likeness (QED) is 0.436. The molecular weight excluding hydrogens is 465 g/mol. The lowest BCUT2D eigenvalue weighted by atomic mass is 10.1. The van der Waals surface area contributed by atoms with E-state index in [9.17, 15) is 18.8 Å². The predicted octanol–water partition coefficient (Wildman–Crippen LogP) is 4.66. The van der Waals surface area contributed by atoms with Crippen LogP contribution in [-0.2, 0) is 9.59 Å². The Morgan fingerprint density at radius 1 is 0.935 bits per heavy atom. The highest BCUT2D eigenvalue weighted by atomic mass is 79.9. The van der Waals surface area contributed by atoms with E-state index in [1.165, 1.54) is 18.2 Å². The van der Waals surface area contributed by atoms with Crippen LogP contribution in [0.5, 0.6) is 0 Å². The van der Waals surface area contributed by atoms with Crippen molar-refractivity contribution in [3.63, 3.8) is 0 Å². The molecule has 31 heavy (non-hydrogen) atoms. The highest BCUT2D eigenvalue weighted by Crippen LogP contribution is 2.26. The smallest absolute Gasteiger partial charge is 0.318 e. The van der Waals surface area contributed by atoms with Gasteiger partial charge >= 0.3 is 6.03 Å². The van der Waals surface area contributed by atoms with Crippen LogP contribution in [0, 0.1) is 19.7 Å². The molecule has 156 valence electrons. The summed E-state index contributed by atoms with van der Waals surface area (Å²) in [5.41, 5.74) is 3.21. The molecular formula is C23H17BrFN3O3. The number of aromatic nitrogens is 1. The molecule has 1 aliphatic rings. The van der Waals surface area contributed by atoms with Crippen molar-refractivity contribution in [2.75, 3.05) is 4.90 Å². The molecule has 2 heterocycles. The third kappa shape index (κ3) is 3.82. The van der Waals surface area contributed by atoms with Crippen LogP contribution < -0.4 is 10.2 Å². The number of nitrogens with zero attached hydrogens (tertiary/aromatic N) is 2. The van der Waals surface area contributed by atoms with Gasteiger partial charge in [-0.1, -0.05) is 15.9 Å². The molecule has 3 aromatic rings. The molecule has 0 spiro atoms. The summed E-state index contributed by atoms with van der Waals surface area (Å²) in [5, 5.41) is 2.22. The van der Waals surface area contributed by atoms with Gasteiger partial charge in [0.05, 0.1) is 5.69 Å². The van der Waals surface area contributed by atoms with Crippen LogP contribution in [0.25, 0.3) is 11.8 Å².